The summed E-state index contributed by atoms with van der Waals surface area (Å²) in [7, 11) is 0. The smallest absolute Gasteiger partial charge is 0.247 e. The van der Waals surface area contributed by atoms with Crippen molar-refractivity contribution < 1.29 is 9.28 Å². The highest BCUT2D eigenvalue weighted by Crippen LogP contribution is 2.25. The lowest BCUT2D eigenvalue weighted by molar-refractivity contribution is -0.149. The number of carbonyl (C=O) groups is 1. The van der Waals surface area contributed by atoms with Crippen LogP contribution in [0.25, 0.3) is 0 Å². The zero-order valence-corrected chi connectivity index (χ0v) is 8.03. The molecule has 3 heteroatoms. The van der Waals surface area contributed by atoms with Crippen LogP contribution in [0.4, 0.5) is 4.48 Å². The quantitative estimate of drug-likeness (QED) is 0.624. The third-order valence-corrected chi connectivity index (χ3v) is 2.65. The minimum Gasteiger partial charge on any atom is -0.273 e. The zero-order chi connectivity index (χ0) is 10.1. The second-order valence-corrected chi connectivity index (χ2v) is 3.66. The molecule has 0 radical (unpaired) electrons. The van der Waals surface area contributed by atoms with Crippen LogP contribution in [0, 0.1) is 0 Å². The van der Waals surface area contributed by atoms with Crippen molar-refractivity contribution in [2.75, 3.05) is 0 Å². The van der Waals surface area contributed by atoms with Crippen LogP contribution >= 0.6 is 0 Å². The van der Waals surface area contributed by atoms with E-state index >= 15 is 0 Å². The molecule has 1 aromatic carbocycles. The molecule has 0 atom stereocenters. The lowest BCUT2D eigenvalue weighted by atomic mass is 10.1. The van der Waals surface area contributed by atoms with E-state index in [0.29, 0.717) is 18.0 Å². The van der Waals surface area contributed by atoms with Gasteiger partial charge in [0, 0.05) is 6.92 Å². The van der Waals surface area contributed by atoms with E-state index in [0.717, 1.165) is 11.1 Å². The summed E-state index contributed by atoms with van der Waals surface area (Å²) >= 11 is 0. The van der Waals surface area contributed by atoms with E-state index in [1.54, 1.807) is 0 Å². The molecule has 0 fully saturated rings. The number of hydrogen-bond donors (Lipinski definition) is 0. The first-order valence-electron chi connectivity index (χ1n) is 4.71. The Labute approximate surface area is 82.3 Å². The van der Waals surface area contributed by atoms with Gasteiger partial charge >= 0.3 is 0 Å². The van der Waals surface area contributed by atoms with Crippen LogP contribution < -0.4 is 0 Å². The van der Waals surface area contributed by atoms with E-state index < -0.39 is 5.91 Å². The Hall–Kier alpha value is -1.38. The maximum Gasteiger partial charge on any atom is 0.247 e. The normalized spacial score (nSPS) is 15.3. The SMILES string of the molecule is CC(=O)N(F)C1Cc2ccccc2C1. The molecule has 0 bridgehead atoms. The molecule has 74 valence electrons. The fourth-order valence-corrected chi connectivity index (χ4v) is 1.95. The number of fused-ring (bicyclic) bond motifs is 1. The highest BCUT2D eigenvalue weighted by atomic mass is 19.2. The van der Waals surface area contributed by atoms with E-state index in [9.17, 15) is 9.28 Å². The van der Waals surface area contributed by atoms with E-state index in [-0.39, 0.29) is 6.04 Å². The Morgan fingerprint density at radius 2 is 1.86 bits per heavy atom. The molecular formula is C11H12FNO. The molecule has 0 spiro atoms. The fourth-order valence-electron chi connectivity index (χ4n) is 1.95. The van der Waals surface area contributed by atoms with Gasteiger partial charge in [-0.3, -0.25) is 4.79 Å². The first-order valence-corrected chi connectivity index (χ1v) is 4.71. The third kappa shape index (κ3) is 1.50. The average Bonchev–Trinajstić information content (AvgIpc) is 2.59. The van der Waals surface area contributed by atoms with Crippen LogP contribution in [0.2, 0.25) is 0 Å². The van der Waals surface area contributed by atoms with Crippen molar-refractivity contribution in [3.8, 4) is 0 Å². The highest BCUT2D eigenvalue weighted by molar-refractivity contribution is 5.72. The number of carbonyl (C=O) groups excluding carboxylic acids is 1. The summed E-state index contributed by atoms with van der Waals surface area (Å²) in [5.74, 6) is -0.511. The molecule has 0 N–H and O–H groups in total. The lowest BCUT2D eigenvalue weighted by Crippen LogP contribution is -2.32. The van der Waals surface area contributed by atoms with Crippen molar-refractivity contribution in [2.24, 2.45) is 0 Å². The third-order valence-electron chi connectivity index (χ3n) is 2.65. The Balaban J connectivity index is 2.15. The molecule has 0 unspecified atom stereocenters. The number of halogens is 1. The second-order valence-electron chi connectivity index (χ2n) is 3.66. The van der Waals surface area contributed by atoms with Gasteiger partial charge in [-0.25, -0.2) is 0 Å². The molecule has 0 saturated heterocycles. The van der Waals surface area contributed by atoms with Crippen molar-refractivity contribution in [1.82, 2.24) is 5.12 Å². The maximum absolute atomic E-state index is 13.3. The molecule has 1 amide bonds. The topological polar surface area (TPSA) is 20.3 Å². The predicted molar refractivity (Wildman–Crippen MR) is 51.3 cm³/mol. The summed E-state index contributed by atoms with van der Waals surface area (Å²) in [5, 5.41) is 0.347. The molecule has 0 aromatic heterocycles. The highest BCUT2D eigenvalue weighted by Gasteiger charge is 2.28. The van der Waals surface area contributed by atoms with Crippen molar-refractivity contribution >= 4 is 5.91 Å². The van der Waals surface area contributed by atoms with Gasteiger partial charge in [-0.15, -0.1) is 0 Å². The zero-order valence-electron chi connectivity index (χ0n) is 8.03. The summed E-state index contributed by atoms with van der Waals surface area (Å²) in [4.78, 5) is 10.8. The fraction of sp³-hybridized carbons (Fsp3) is 0.364. The maximum atomic E-state index is 13.3. The molecule has 0 saturated carbocycles. The summed E-state index contributed by atoms with van der Waals surface area (Å²) in [6, 6.07) is 7.56. The molecule has 14 heavy (non-hydrogen) atoms. The Kier molecular flexibility index (Phi) is 2.23. The average molecular weight is 193 g/mol. The van der Waals surface area contributed by atoms with Gasteiger partial charge in [-0.2, -0.15) is 5.12 Å². The number of benzene rings is 1. The van der Waals surface area contributed by atoms with Gasteiger partial charge in [0.1, 0.15) is 0 Å². The molecular weight excluding hydrogens is 181 g/mol. The standard InChI is InChI=1S/C11H12FNO/c1-8(14)13(12)11-6-9-4-2-3-5-10(9)7-11/h2-5,11H,6-7H2,1H3. The van der Waals surface area contributed by atoms with Gasteiger partial charge in [0.25, 0.3) is 0 Å². The molecule has 2 rings (SSSR count). The van der Waals surface area contributed by atoms with Crippen LogP contribution in [0.5, 0.6) is 0 Å². The summed E-state index contributed by atoms with van der Waals surface area (Å²) < 4.78 is 13.3. The second kappa shape index (κ2) is 3.40. The van der Waals surface area contributed by atoms with Gasteiger partial charge in [0.15, 0.2) is 0 Å². The van der Waals surface area contributed by atoms with Crippen LogP contribution in [0.15, 0.2) is 24.3 Å². The van der Waals surface area contributed by atoms with Crippen molar-refractivity contribution in [1.29, 1.82) is 0 Å². The molecule has 0 heterocycles. The minimum absolute atomic E-state index is 0.301. The first kappa shape index (κ1) is 9.19. The van der Waals surface area contributed by atoms with Crippen molar-refractivity contribution in [2.45, 2.75) is 25.8 Å². The molecule has 1 aliphatic carbocycles. The van der Waals surface area contributed by atoms with Gasteiger partial charge in [-0.05, 0) is 24.0 Å². The Bertz CT molecular complexity index is 339. The monoisotopic (exact) mass is 193 g/mol. The molecule has 2 nitrogen and oxygen atoms in total. The number of amides is 1. The van der Waals surface area contributed by atoms with Crippen molar-refractivity contribution in [3.63, 3.8) is 0 Å². The Morgan fingerprint density at radius 3 is 2.29 bits per heavy atom. The van der Waals surface area contributed by atoms with E-state index in [2.05, 4.69) is 0 Å². The van der Waals surface area contributed by atoms with E-state index in [1.807, 2.05) is 24.3 Å². The summed E-state index contributed by atoms with van der Waals surface area (Å²) in [5.41, 5.74) is 2.31. The van der Waals surface area contributed by atoms with Gasteiger partial charge < -0.3 is 0 Å². The molecule has 1 aliphatic rings. The largest absolute Gasteiger partial charge is 0.273 e. The first-order chi connectivity index (χ1) is 6.68. The van der Waals surface area contributed by atoms with Crippen LogP contribution in [0.1, 0.15) is 18.1 Å². The number of hydrogen-bond acceptors (Lipinski definition) is 1. The van der Waals surface area contributed by atoms with Gasteiger partial charge in [0.05, 0.1) is 6.04 Å². The lowest BCUT2D eigenvalue weighted by Gasteiger charge is -2.16. The Morgan fingerprint density at radius 1 is 1.36 bits per heavy atom. The number of rotatable bonds is 1. The summed E-state index contributed by atoms with van der Waals surface area (Å²) in [6.45, 7) is 1.25. The van der Waals surface area contributed by atoms with Crippen LogP contribution in [-0.4, -0.2) is 17.1 Å². The van der Waals surface area contributed by atoms with Crippen LogP contribution in [-0.2, 0) is 17.6 Å². The van der Waals surface area contributed by atoms with Gasteiger partial charge in [-0.1, -0.05) is 28.7 Å². The molecule has 0 aliphatic heterocycles. The van der Waals surface area contributed by atoms with Gasteiger partial charge in [0.2, 0.25) is 5.91 Å². The van der Waals surface area contributed by atoms with E-state index in [4.69, 9.17) is 0 Å². The molecule has 1 aromatic rings. The van der Waals surface area contributed by atoms with Crippen molar-refractivity contribution in [3.05, 3.63) is 35.4 Å². The summed E-state index contributed by atoms with van der Waals surface area (Å²) in [6.07, 6.45) is 1.26. The van der Waals surface area contributed by atoms with Crippen LogP contribution in [0.3, 0.4) is 0 Å². The minimum atomic E-state index is -0.511. The van der Waals surface area contributed by atoms with E-state index in [1.165, 1.54) is 6.92 Å². The predicted octanol–water partition coefficient (Wildman–Crippen LogP) is 1.89. The number of nitrogens with zero attached hydrogens (tertiary/aromatic N) is 1.